The van der Waals surface area contributed by atoms with Crippen LogP contribution in [0.5, 0.6) is 0 Å². The normalized spacial score (nSPS) is 14.8. The molecule has 0 aliphatic rings. The fourth-order valence-corrected chi connectivity index (χ4v) is 13.3. The van der Waals surface area contributed by atoms with Crippen molar-refractivity contribution < 1.29 is 75.8 Å². The van der Waals surface area contributed by atoms with Gasteiger partial charge in [-0.25, -0.2) is 9.13 Å². The average molecular weight is 1670 g/mol. The molecule has 0 rings (SSSR count). The first-order valence-corrected chi connectivity index (χ1v) is 48.4. The molecule has 5 atom stereocenters. The molecule has 664 valence electrons. The van der Waals surface area contributed by atoms with Crippen molar-refractivity contribution in [3.63, 3.8) is 0 Å². The number of aliphatic hydroxyl groups is 2. The number of rotatable bonds is 84. The Morgan fingerprint density at radius 2 is 0.427 bits per heavy atom. The fraction of sp³-hybridized carbons (Fsp3) is 0.626. The van der Waals surface area contributed by atoms with Crippen LogP contribution in [-0.4, -0.2) is 95.9 Å². The summed E-state index contributed by atoms with van der Waals surface area (Å²) in [4.78, 5) is 58.9. The first kappa shape index (κ1) is 111. The van der Waals surface area contributed by atoms with Crippen LogP contribution in [0.1, 0.15) is 342 Å². The Balaban J connectivity index is 4.60. The summed E-state index contributed by atoms with van der Waals surface area (Å²) < 4.78 is 61.4. The lowest BCUT2D eigenvalue weighted by atomic mass is 10.0. The smallest absolute Gasteiger partial charge is 0.463 e. The van der Waals surface area contributed by atoms with E-state index < -0.39 is 91.5 Å². The Bertz CT molecular complexity index is 2960. The van der Waals surface area contributed by atoms with Crippen LogP contribution in [0.3, 0.4) is 0 Å². The molecule has 0 fully saturated rings. The van der Waals surface area contributed by atoms with Gasteiger partial charge in [0, 0.05) is 19.3 Å². The van der Waals surface area contributed by atoms with E-state index in [-0.39, 0.29) is 19.3 Å². The molecule has 0 spiro atoms. The zero-order valence-corrected chi connectivity index (χ0v) is 74.8. The van der Waals surface area contributed by atoms with Gasteiger partial charge in [0.1, 0.15) is 25.4 Å². The van der Waals surface area contributed by atoms with Crippen LogP contribution in [0, 0.1) is 0 Å². The number of hydrogen-bond donors (Lipinski definition) is 4. The van der Waals surface area contributed by atoms with Gasteiger partial charge in [-0.1, -0.05) is 362 Å². The summed E-state index contributed by atoms with van der Waals surface area (Å²) in [5, 5.41) is 20.7. The zero-order valence-electron chi connectivity index (χ0n) is 73.0. The molecule has 0 saturated heterocycles. The predicted molar refractivity (Wildman–Crippen MR) is 491 cm³/mol. The van der Waals surface area contributed by atoms with E-state index in [0.717, 1.165) is 180 Å². The number of allylic oxidation sites excluding steroid dienone is 34. The van der Waals surface area contributed by atoms with Crippen LogP contribution in [0.2, 0.25) is 0 Å². The largest absolute Gasteiger partial charge is 0.472 e. The van der Waals surface area contributed by atoms with Crippen molar-refractivity contribution in [1.82, 2.24) is 0 Å². The molecule has 0 aromatic carbocycles. The Morgan fingerprint density at radius 1 is 0.239 bits per heavy atom. The lowest BCUT2D eigenvalue weighted by molar-refractivity contribution is -0.161. The van der Waals surface area contributed by atoms with Crippen LogP contribution in [0.15, 0.2) is 207 Å². The molecule has 0 amide bonds. The number of esters is 3. The maximum absolute atomic E-state index is 13.0. The number of carbonyl (C=O) groups excluding carboxylic acids is 3. The second kappa shape index (κ2) is 89.4. The summed E-state index contributed by atoms with van der Waals surface area (Å²) in [5.74, 6) is -1.64. The molecule has 0 saturated carbocycles. The Hall–Kier alpha value is -5.87. The highest BCUT2D eigenvalue weighted by Gasteiger charge is 2.29. The third kappa shape index (κ3) is 90.7. The van der Waals surface area contributed by atoms with Gasteiger partial charge in [0.05, 0.1) is 26.4 Å². The molecule has 0 aliphatic carbocycles. The standard InChI is InChI=1S/C99H162O16P2/c1-4-7-10-13-16-19-22-25-28-31-34-37-40-41-42-43-44-45-46-47-48-49-50-51-54-56-58-61-64-67-70-73-76-79-82-85-97(102)109-88-94(100)89-111-116(105,106)112-90-95(101)91-113-117(107,108)114-93-96(115-99(104)87-84-81-78-75-72-69-66-63-60-57-53-39-36-33-30-27-24-21-18-15-12-9-6-3)92-110-98(103)86-83-80-77-74-71-68-65-62-59-55-52-38-35-32-29-26-23-20-17-14-11-8-5-2/h7-12,16-21,25-30,34-39,41-42,55,57,59-60,65-66,68-69,94-96,100-101H,4-6,13-15,22-24,31-33,40,43-54,56,58,61-64,67,70-93H2,1-3H3,(H,105,106)(H,107,108)/b10-7-,11-8-,12-9-,19-16-,20-17-,21-18-,28-25-,29-26-,30-27-,37-34-,38-35-,39-36-,42-41-,59-55-,60-57-,68-65-,69-66-. The lowest BCUT2D eigenvalue weighted by Gasteiger charge is -2.21. The van der Waals surface area contributed by atoms with Crippen molar-refractivity contribution in [3.8, 4) is 0 Å². The van der Waals surface area contributed by atoms with Crippen molar-refractivity contribution in [2.24, 2.45) is 0 Å². The number of carbonyl (C=O) groups is 3. The highest BCUT2D eigenvalue weighted by Crippen LogP contribution is 2.45. The summed E-state index contributed by atoms with van der Waals surface area (Å²) in [7, 11) is -9.84. The maximum atomic E-state index is 13.0. The first-order chi connectivity index (χ1) is 57.2. The highest BCUT2D eigenvalue weighted by atomic mass is 31.2. The van der Waals surface area contributed by atoms with Crippen molar-refractivity contribution in [2.45, 2.75) is 360 Å². The molecule has 4 N–H and O–H groups in total. The molecule has 117 heavy (non-hydrogen) atoms. The molecular weight excluding hydrogens is 1510 g/mol. The summed E-state index contributed by atoms with van der Waals surface area (Å²) in [5.41, 5.74) is 0. The molecule has 18 heteroatoms. The van der Waals surface area contributed by atoms with Gasteiger partial charge in [-0.15, -0.1) is 0 Å². The van der Waals surface area contributed by atoms with Gasteiger partial charge >= 0.3 is 33.6 Å². The number of hydrogen-bond acceptors (Lipinski definition) is 14. The minimum absolute atomic E-state index is 0.0603. The topological polar surface area (TPSA) is 231 Å². The molecule has 0 aromatic heterocycles. The maximum Gasteiger partial charge on any atom is 0.472 e. The van der Waals surface area contributed by atoms with Gasteiger partial charge in [-0.2, -0.15) is 0 Å². The minimum Gasteiger partial charge on any atom is -0.463 e. The zero-order chi connectivity index (χ0) is 85.1. The number of phosphoric acid groups is 2. The number of unbranched alkanes of at least 4 members (excludes halogenated alkanes) is 27. The van der Waals surface area contributed by atoms with Gasteiger partial charge in [-0.05, 0) is 167 Å². The SMILES string of the molecule is CC/C=C\C/C=C\C/C=C\C/C=C\C/C=C\C/C=C\CCCCCCC(=O)OCC(COP(=O)(O)OCC(O)COP(=O)(O)OCC(O)COC(=O)CCCCCCCCCCCCCCCCCCCCC/C=C\C/C=C\C/C=C\C/C=C\C/C=C\CC)OC(=O)CCCCCC/C=C\C/C=C\C/C=C\C/C=C\C/C=C\C/C=C\CC. The van der Waals surface area contributed by atoms with E-state index in [9.17, 15) is 43.5 Å². The molecule has 0 aromatic rings. The van der Waals surface area contributed by atoms with Crippen LogP contribution >= 0.6 is 15.6 Å². The van der Waals surface area contributed by atoms with E-state index in [0.29, 0.717) is 19.3 Å². The van der Waals surface area contributed by atoms with E-state index in [2.05, 4.69) is 227 Å². The summed E-state index contributed by atoms with van der Waals surface area (Å²) in [6.07, 6.45) is 120. The Labute approximate surface area is 711 Å². The minimum atomic E-state index is -4.96. The van der Waals surface area contributed by atoms with Gasteiger partial charge in [0.2, 0.25) is 0 Å². The fourth-order valence-electron chi connectivity index (χ4n) is 11.7. The van der Waals surface area contributed by atoms with Crippen molar-refractivity contribution >= 4 is 33.6 Å². The van der Waals surface area contributed by atoms with Crippen LogP contribution in [-0.2, 0) is 55.8 Å². The molecule has 16 nitrogen and oxygen atoms in total. The monoisotopic (exact) mass is 1670 g/mol. The van der Waals surface area contributed by atoms with Crippen molar-refractivity contribution in [1.29, 1.82) is 0 Å². The second-order valence-electron chi connectivity index (χ2n) is 29.6. The number of ether oxygens (including phenoxy) is 3. The van der Waals surface area contributed by atoms with E-state index in [4.69, 9.17) is 32.3 Å². The average Bonchev–Trinajstić information content (AvgIpc) is 0.899. The molecule has 0 aliphatic heterocycles. The van der Waals surface area contributed by atoms with E-state index in [1.54, 1.807) is 0 Å². The Kier molecular flexibility index (Phi) is 84.9. The van der Waals surface area contributed by atoms with Crippen LogP contribution in [0.4, 0.5) is 0 Å². The molecule has 0 bridgehead atoms. The van der Waals surface area contributed by atoms with E-state index in [1.807, 2.05) is 0 Å². The van der Waals surface area contributed by atoms with Crippen molar-refractivity contribution in [2.75, 3.05) is 39.6 Å². The quantitative estimate of drug-likeness (QED) is 0.0146. The van der Waals surface area contributed by atoms with E-state index >= 15 is 0 Å². The lowest BCUT2D eigenvalue weighted by Crippen LogP contribution is -2.30. The second-order valence-corrected chi connectivity index (χ2v) is 32.5. The molecule has 0 radical (unpaired) electrons. The highest BCUT2D eigenvalue weighted by molar-refractivity contribution is 7.47. The molecule has 5 unspecified atom stereocenters. The molecule has 0 heterocycles. The third-order valence-corrected chi connectivity index (χ3v) is 20.4. The number of phosphoric ester groups is 2. The van der Waals surface area contributed by atoms with Crippen LogP contribution < -0.4 is 0 Å². The summed E-state index contributed by atoms with van der Waals surface area (Å²) >= 11 is 0. The van der Waals surface area contributed by atoms with Gasteiger partial charge in [-0.3, -0.25) is 32.5 Å². The van der Waals surface area contributed by atoms with Crippen LogP contribution in [0.25, 0.3) is 0 Å². The summed E-state index contributed by atoms with van der Waals surface area (Å²) in [6, 6.07) is 0. The third-order valence-electron chi connectivity index (χ3n) is 18.5. The predicted octanol–water partition coefficient (Wildman–Crippen LogP) is 28.0. The van der Waals surface area contributed by atoms with E-state index in [1.165, 1.54) is 103 Å². The van der Waals surface area contributed by atoms with Gasteiger partial charge in [0.15, 0.2) is 6.10 Å². The Morgan fingerprint density at radius 3 is 0.675 bits per heavy atom. The molecular formula is C99H162O16P2. The first-order valence-electron chi connectivity index (χ1n) is 45.4. The summed E-state index contributed by atoms with van der Waals surface area (Å²) in [6.45, 7) is 2.29. The van der Waals surface area contributed by atoms with Gasteiger partial charge in [0.25, 0.3) is 0 Å². The van der Waals surface area contributed by atoms with Gasteiger partial charge < -0.3 is 34.2 Å². The number of aliphatic hydroxyl groups excluding tert-OH is 2. The van der Waals surface area contributed by atoms with Crippen molar-refractivity contribution in [3.05, 3.63) is 207 Å².